The minimum atomic E-state index is 0.797. The van der Waals surface area contributed by atoms with Crippen molar-refractivity contribution < 1.29 is 0 Å². The van der Waals surface area contributed by atoms with E-state index in [9.17, 15) is 0 Å². The third-order valence-corrected chi connectivity index (χ3v) is 3.21. The summed E-state index contributed by atoms with van der Waals surface area (Å²) < 4.78 is 0. The quantitative estimate of drug-likeness (QED) is 0.649. The van der Waals surface area contributed by atoms with Gasteiger partial charge in [-0.1, -0.05) is 17.7 Å². The van der Waals surface area contributed by atoms with Gasteiger partial charge >= 0.3 is 0 Å². The van der Waals surface area contributed by atoms with Crippen LogP contribution in [0.5, 0.6) is 0 Å². The van der Waals surface area contributed by atoms with E-state index in [1.54, 1.807) is 11.1 Å². The molecule has 0 radical (unpaired) electrons. The standard InChI is InChI=1S/C12H19N/c1-10-5-2-3-7-12(10)11-6-4-8-13-9-11/h3,7,11,13H,2,4-6,8-9H2,1H3. The number of allylic oxidation sites excluding steroid dienone is 3. The normalized spacial score (nSPS) is 29.5. The van der Waals surface area contributed by atoms with Crippen molar-refractivity contribution in [1.82, 2.24) is 5.32 Å². The van der Waals surface area contributed by atoms with Gasteiger partial charge in [-0.25, -0.2) is 0 Å². The van der Waals surface area contributed by atoms with E-state index >= 15 is 0 Å². The molecule has 0 aromatic carbocycles. The molecule has 0 bridgehead atoms. The molecule has 1 fully saturated rings. The van der Waals surface area contributed by atoms with Crippen LogP contribution in [0.25, 0.3) is 0 Å². The maximum absolute atomic E-state index is 3.48. The Balaban J connectivity index is 2.09. The van der Waals surface area contributed by atoms with Crippen LogP contribution >= 0.6 is 0 Å². The molecule has 13 heavy (non-hydrogen) atoms. The Labute approximate surface area is 80.9 Å². The molecule has 1 aliphatic heterocycles. The summed E-state index contributed by atoms with van der Waals surface area (Å²) in [5, 5.41) is 3.48. The molecule has 2 rings (SSSR count). The Morgan fingerprint density at radius 1 is 1.46 bits per heavy atom. The van der Waals surface area contributed by atoms with Gasteiger partial charge in [-0.05, 0) is 50.6 Å². The van der Waals surface area contributed by atoms with Crippen molar-refractivity contribution in [2.75, 3.05) is 13.1 Å². The molecule has 0 spiro atoms. The number of hydrogen-bond donors (Lipinski definition) is 1. The van der Waals surface area contributed by atoms with Crippen molar-refractivity contribution in [1.29, 1.82) is 0 Å². The van der Waals surface area contributed by atoms with Crippen LogP contribution in [0, 0.1) is 5.92 Å². The van der Waals surface area contributed by atoms with Crippen molar-refractivity contribution in [2.24, 2.45) is 5.92 Å². The van der Waals surface area contributed by atoms with E-state index in [2.05, 4.69) is 24.4 Å². The minimum Gasteiger partial charge on any atom is -0.316 e. The topological polar surface area (TPSA) is 12.0 Å². The first-order valence-electron chi connectivity index (χ1n) is 5.45. The van der Waals surface area contributed by atoms with Gasteiger partial charge in [-0.2, -0.15) is 0 Å². The Morgan fingerprint density at radius 2 is 2.38 bits per heavy atom. The summed E-state index contributed by atoms with van der Waals surface area (Å²) in [7, 11) is 0. The first-order chi connectivity index (χ1) is 6.38. The summed E-state index contributed by atoms with van der Waals surface area (Å²) in [6.07, 6.45) is 9.94. The van der Waals surface area contributed by atoms with Gasteiger partial charge in [0.25, 0.3) is 0 Å². The molecule has 72 valence electrons. The highest BCUT2D eigenvalue weighted by atomic mass is 14.9. The number of hydrogen-bond acceptors (Lipinski definition) is 1. The maximum atomic E-state index is 3.48. The van der Waals surface area contributed by atoms with E-state index < -0.39 is 0 Å². The highest BCUT2D eigenvalue weighted by molar-refractivity contribution is 5.31. The van der Waals surface area contributed by atoms with Gasteiger partial charge < -0.3 is 5.32 Å². The molecular weight excluding hydrogens is 158 g/mol. The lowest BCUT2D eigenvalue weighted by Crippen LogP contribution is -2.31. The Hall–Kier alpha value is -0.560. The van der Waals surface area contributed by atoms with E-state index in [-0.39, 0.29) is 0 Å². The van der Waals surface area contributed by atoms with Crippen LogP contribution in [-0.2, 0) is 0 Å². The average molecular weight is 177 g/mol. The molecule has 2 aliphatic rings. The van der Waals surface area contributed by atoms with Crippen LogP contribution in [-0.4, -0.2) is 13.1 Å². The second kappa shape index (κ2) is 4.10. The monoisotopic (exact) mass is 177 g/mol. The van der Waals surface area contributed by atoms with Crippen LogP contribution < -0.4 is 5.32 Å². The lowest BCUT2D eigenvalue weighted by atomic mass is 9.85. The molecule has 1 N–H and O–H groups in total. The largest absolute Gasteiger partial charge is 0.316 e. The Morgan fingerprint density at radius 3 is 3.08 bits per heavy atom. The fourth-order valence-corrected chi connectivity index (χ4v) is 2.40. The third-order valence-electron chi connectivity index (χ3n) is 3.21. The summed E-state index contributed by atoms with van der Waals surface area (Å²) in [4.78, 5) is 0. The summed E-state index contributed by atoms with van der Waals surface area (Å²) in [5.74, 6) is 0.797. The number of rotatable bonds is 1. The Bertz CT molecular complexity index is 232. The van der Waals surface area contributed by atoms with Gasteiger partial charge in [0, 0.05) is 6.54 Å². The van der Waals surface area contributed by atoms with Crippen molar-refractivity contribution in [3.63, 3.8) is 0 Å². The summed E-state index contributed by atoms with van der Waals surface area (Å²) >= 11 is 0. The van der Waals surface area contributed by atoms with E-state index in [1.807, 2.05) is 0 Å². The summed E-state index contributed by atoms with van der Waals surface area (Å²) in [6, 6.07) is 0. The third kappa shape index (κ3) is 2.02. The lowest BCUT2D eigenvalue weighted by Gasteiger charge is -2.27. The van der Waals surface area contributed by atoms with E-state index in [4.69, 9.17) is 0 Å². The predicted molar refractivity (Wildman–Crippen MR) is 56.7 cm³/mol. The summed E-state index contributed by atoms with van der Waals surface area (Å²) in [5.41, 5.74) is 3.25. The van der Waals surface area contributed by atoms with Gasteiger partial charge in [0.2, 0.25) is 0 Å². The molecule has 0 saturated carbocycles. The van der Waals surface area contributed by atoms with E-state index in [1.165, 1.54) is 38.8 Å². The first-order valence-corrected chi connectivity index (χ1v) is 5.45. The highest BCUT2D eigenvalue weighted by Crippen LogP contribution is 2.28. The lowest BCUT2D eigenvalue weighted by molar-refractivity contribution is 0.423. The zero-order chi connectivity index (χ0) is 9.10. The number of piperidine rings is 1. The summed E-state index contributed by atoms with van der Waals surface area (Å²) in [6.45, 7) is 4.71. The zero-order valence-corrected chi connectivity index (χ0v) is 8.47. The second-order valence-corrected chi connectivity index (χ2v) is 4.22. The van der Waals surface area contributed by atoms with Crippen molar-refractivity contribution in [3.8, 4) is 0 Å². The smallest absolute Gasteiger partial charge is 0.00201 e. The van der Waals surface area contributed by atoms with Crippen molar-refractivity contribution in [2.45, 2.75) is 32.6 Å². The molecule has 0 aromatic heterocycles. The molecule has 1 heterocycles. The van der Waals surface area contributed by atoms with Gasteiger partial charge in [0.1, 0.15) is 0 Å². The molecule has 0 amide bonds. The molecule has 0 aromatic rings. The second-order valence-electron chi connectivity index (χ2n) is 4.22. The molecule has 1 aliphatic carbocycles. The molecule has 1 atom stereocenters. The van der Waals surface area contributed by atoms with E-state index in [0.29, 0.717) is 0 Å². The van der Waals surface area contributed by atoms with Gasteiger partial charge in [0.05, 0.1) is 0 Å². The fourth-order valence-electron chi connectivity index (χ4n) is 2.40. The predicted octanol–water partition coefficient (Wildman–Crippen LogP) is 2.65. The Kier molecular flexibility index (Phi) is 2.84. The van der Waals surface area contributed by atoms with Crippen LogP contribution in [0.2, 0.25) is 0 Å². The van der Waals surface area contributed by atoms with Crippen LogP contribution in [0.1, 0.15) is 32.6 Å². The minimum absolute atomic E-state index is 0.797. The van der Waals surface area contributed by atoms with Crippen LogP contribution in [0.15, 0.2) is 23.3 Å². The van der Waals surface area contributed by atoms with E-state index in [0.717, 1.165) is 5.92 Å². The van der Waals surface area contributed by atoms with Gasteiger partial charge in [0.15, 0.2) is 0 Å². The molecule has 1 saturated heterocycles. The van der Waals surface area contributed by atoms with Crippen molar-refractivity contribution >= 4 is 0 Å². The van der Waals surface area contributed by atoms with Crippen LogP contribution in [0.4, 0.5) is 0 Å². The number of nitrogens with one attached hydrogen (secondary N) is 1. The fraction of sp³-hybridized carbons (Fsp3) is 0.667. The SMILES string of the molecule is CC1=C(C2CCCNC2)C=CCC1. The molecule has 1 unspecified atom stereocenters. The highest BCUT2D eigenvalue weighted by Gasteiger charge is 2.18. The molecule has 1 nitrogen and oxygen atoms in total. The van der Waals surface area contributed by atoms with Crippen molar-refractivity contribution in [3.05, 3.63) is 23.3 Å². The van der Waals surface area contributed by atoms with Gasteiger partial charge in [-0.3, -0.25) is 0 Å². The first kappa shape index (κ1) is 9.01. The molecular formula is C12H19N. The van der Waals surface area contributed by atoms with Crippen LogP contribution in [0.3, 0.4) is 0 Å². The zero-order valence-electron chi connectivity index (χ0n) is 8.47. The molecule has 1 heteroatoms. The van der Waals surface area contributed by atoms with Gasteiger partial charge in [-0.15, -0.1) is 0 Å². The maximum Gasteiger partial charge on any atom is 0.00201 e. The average Bonchev–Trinajstić information content (AvgIpc) is 2.20.